The number of methoxy groups -OCH3 is 1. The van der Waals surface area contributed by atoms with E-state index in [0.29, 0.717) is 35.9 Å². The number of carbonyl (C=O) groups is 1. The first-order chi connectivity index (χ1) is 17.2. The topological polar surface area (TPSA) is 85.5 Å². The predicted octanol–water partition coefficient (Wildman–Crippen LogP) is 5.09. The van der Waals surface area contributed by atoms with Crippen LogP contribution < -0.4 is 19.5 Å². The van der Waals surface area contributed by atoms with Gasteiger partial charge in [0.15, 0.2) is 11.5 Å². The summed E-state index contributed by atoms with van der Waals surface area (Å²) in [6.07, 6.45) is 0.708. The monoisotopic (exact) mass is 465 g/mol. The summed E-state index contributed by atoms with van der Waals surface area (Å²) in [6.45, 7) is 0.697. The van der Waals surface area contributed by atoms with Crippen molar-refractivity contribution in [2.24, 2.45) is 0 Å². The van der Waals surface area contributed by atoms with Gasteiger partial charge in [0, 0.05) is 28.4 Å². The lowest BCUT2D eigenvalue weighted by Gasteiger charge is -2.09. The van der Waals surface area contributed by atoms with Crippen LogP contribution in [0.3, 0.4) is 0 Å². The van der Waals surface area contributed by atoms with Gasteiger partial charge in [0.25, 0.3) is 5.91 Å². The lowest BCUT2D eigenvalue weighted by atomic mass is 10.1. The van der Waals surface area contributed by atoms with Crippen LogP contribution in [0.2, 0.25) is 0 Å². The van der Waals surface area contributed by atoms with E-state index >= 15 is 0 Å². The van der Waals surface area contributed by atoms with Gasteiger partial charge in [0.05, 0.1) is 18.3 Å². The van der Waals surface area contributed by atoms with Gasteiger partial charge < -0.3 is 24.5 Å². The molecule has 0 spiro atoms. The molecule has 0 atom stereocenters. The summed E-state index contributed by atoms with van der Waals surface area (Å²) >= 11 is 0. The SMILES string of the molecule is COc1ccc(CCNC(=O)c2cc3c([nH]c4ccccc43)c(-c3ccc4c(c3)OCO4)n2)cc1. The Kier molecular flexibility index (Phi) is 5.22. The number of hydrogen-bond acceptors (Lipinski definition) is 5. The Balaban J connectivity index is 1.34. The zero-order valence-corrected chi connectivity index (χ0v) is 19.1. The number of amides is 1. The molecular weight excluding hydrogens is 442 g/mol. The van der Waals surface area contributed by atoms with E-state index in [2.05, 4.69) is 10.3 Å². The summed E-state index contributed by atoms with van der Waals surface area (Å²) in [5, 5.41) is 5.00. The molecule has 174 valence electrons. The van der Waals surface area contributed by atoms with Gasteiger partial charge >= 0.3 is 0 Å². The molecule has 35 heavy (non-hydrogen) atoms. The van der Waals surface area contributed by atoms with Crippen molar-refractivity contribution in [1.82, 2.24) is 15.3 Å². The molecule has 2 N–H and O–H groups in total. The molecule has 1 aliphatic heterocycles. The molecule has 0 saturated heterocycles. The largest absolute Gasteiger partial charge is 0.497 e. The number of rotatable bonds is 6. The number of benzene rings is 3. The fourth-order valence-corrected chi connectivity index (χ4v) is 4.42. The summed E-state index contributed by atoms with van der Waals surface area (Å²) in [6, 6.07) is 23.4. The molecule has 0 aliphatic carbocycles. The van der Waals surface area contributed by atoms with E-state index in [1.54, 1.807) is 7.11 Å². The number of nitrogens with one attached hydrogen (secondary N) is 2. The van der Waals surface area contributed by atoms with Crippen LogP contribution in [0.25, 0.3) is 33.1 Å². The number of H-pyrrole nitrogens is 1. The highest BCUT2D eigenvalue weighted by atomic mass is 16.7. The van der Waals surface area contributed by atoms with E-state index in [0.717, 1.165) is 38.7 Å². The lowest BCUT2D eigenvalue weighted by molar-refractivity contribution is 0.0949. The normalized spacial score (nSPS) is 12.3. The molecule has 3 aromatic carbocycles. The first-order valence-corrected chi connectivity index (χ1v) is 11.4. The van der Waals surface area contributed by atoms with Crippen molar-refractivity contribution in [3.63, 3.8) is 0 Å². The molecule has 7 heteroatoms. The van der Waals surface area contributed by atoms with Crippen LogP contribution >= 0.6 is 0 Å². The number of aromatic nitrogens is 2. The van der Waals surface area contributed by atoms with Crippen molar-refractivity contribution in [3.05, 3.63) is 84.1 Å². The zero-order chi connectivity index (χ0) is 23.8. The van der Waals surface area contributed by atoms with Gasteiger partial charge in [-0.15, -0.1) is 0 Å². The van der Waals surface area contributed by atoms with Crippen molar-refractivity contribution in [1.29, 1.82) is 0 Å². The molecule has 3 heterocycles. The van der Waals surface area contributed by atoms with E-state index in [4.69, 9.17) is 19.2 Å². The molecule has 7 nitrogen and oxygen atoms in total. The zero-order valence-electron chi connectivity index (χ0n) is 19.1. The molecule has 0 fully saturated rings. The number of fused-ring (bicyclic) bond motifs is 4. The second kappa shape index (κ2) is 8.68. The third-order valence-electron chi connectivity index (χ3n) is 6.23. The standard InChI is InChI=1S/C28H23N3O4/c1-33-19-9-6-17(7-10-19)12-13-29-28(32)23-15-21-20-4-2-3-5-22(20)30-27(21)26(31-23)18-8-11-24-25(14-18)35-16-34-24/h2-11,14-15,30H,12-13,16H2,1H3,(H,29,32). The minimum Gasteiger partial charge on any atom is -0.497 e. The Hall–Kier alpha value is -4.52. The first kappa shape index (κ1) is 21.0. The second-order valence-electron chi connectivity index (χ2n) is 8.37. The highest BCUT2D eigenvalue weighted by molar-refractivity contribution is 6.13. The Morgan fingerprint density at radius 1 is 1.00 bits per heavy atom. The Morgan fingerprint density at radius 3 is 2.69 bits per heavy atom. The number of aromatic amines is 1. The summed E-state index contributed by atoms with van der Waals surface area (Å²) in [5.41, 5.74) is 4.89. The Morgan fingerprint density at radius 2 is 1.83 bits per heavy atom. The van der Waals surface area contributed by atoms with E-state index in [1.165, 1.54) is 0 Å². The summed E-state index contributed by atoms with van der Waals surface area (Å²) in [7, 11) is 1.64. The van der Waals surface area contributed by atoms with Gasteiger partial charge in [0.2, 0.25) is 6.79 Å². The van der Waals surface area contributed by atoms with Crippen LogP contribution in [0.1, 0.15) is 16.1 Å². The quantitative estimate of drug-likeness (QED) is 0.365. The number of hydrogen-bond donors (Lipinski definition) is 2. The molecule has 1 amide bonds. The predicted molar refractivity (Wildman–Crippen MR) is 134 cm³/mol. The van der Waals surface area contributed by atoms with Gasteiger partial charge in [-0.1, -0.05) is 30.3 Å². The number of nitrogens with zero attached hydrogens (tertiary/aromatic N) is 1. The number of ether oxygens (including phenoxy) is 3. The van der Waals surface area contributed by atoms with Crippen LogP contribution in [0, 0.1) is 0 Å². The molecule has 5 aromatic rings. The fraction of sp³-hybridized carbons (Fsp3) is 0.143. The molecule has 0 saturated carbocycles. The summed E-state index contributed by atoms with van der Waals surface area (Å²) in [4.78, 5) is 21.4. The number of pyridine rings is 1. The van der Waals surface area contributed by atoms with Crippen molar-refractivity contribution in [3.8, 4) is 28.5 Å². The molecular formula is C28H23N3O4. The van der Waals surface area contributed by atoms with Gasteiger partial charge in [-0.05, 0) is 54.4 Å². The van der Waals surface area contributed by atoms with Gasteiger partial charge in [-0.2, -0.15) is 0 Å². The van der Waals surface area contributed by atoms with Crippen LogP contribution in [-0.4, -0.2) is 36.3 Å². The smallest absolute Gasteiger partial charge is 0.269 e. The molecule has 0 radical (unpaired) electrons. The maximum absolute atomic E-state index is 13.2. The minimum atomic E-state index is -0.215. The van der Waals surface area contributed by atoms with Gasteiger partial charge in [0.1, 0.15) is 11.4 Å². The van der Waals surface area contributed by atoms with Gasteiger partial charge in [-0.25, -0.2) is 4.98 Å². The van der Waals surface area contributed by atoms with Crippen LogP contribution in [0.4, 0.5) is 0 Å². The van der Waals surface area contributed by atoms with Crippen LogP contribution in [0.5, 0.6) is 17.2 Å². The average molecular weight is 466 g/mol. The maximum Gasteiger partial charge on any atom is 0.269 e. The van der Waals surface area contributed by atoms with Crippen molar-refractivity contribution >= 4 is 27.7 Å². The number of carbonyl (C=O) groups excluding carboxylic acids is 1. The molecule has 0 bridgehead atoms. The average Bonchev–Trinajstić information content (AvgIpc) is 3.52. The third-order valence-corrected chi connectivity index (χ3v) is 6.23. The van der Waals surface area contributed by atoms with Crippen LogP contribution in [0.15, 0.2) is 72.8 Å². The molecule has 0 unspecified atom stereocenters. The van der Waals surface area contributed by atoms with Gasteiger partial charge in [-0.3, -0.25) is 4.79 Å². The van der Waals surface area contributed by atoms with Crippen molar-refractivity contribution in [2.75, 3.05) is 20.4 Å². The van der Waals surface area contributed by atoms with Crippen LogP contribution in [-0.2, 0) is 6.42 Å². The molecule has 2 aromatic heterocycles. The van der Waals surface area contributed by atoms with E-state index in [9.17, 15) is 4.79 Å². The Bertz CT molecular complexity index is 1560. The maximum atomic E-state index is 13.2. The number of para-hydroxylation sites is 1. The third kappa shape index (κ3) is 3.91. The highest BCUT2D eigenvalue weighted by Gasteiger charge is 2.20. The second-order valence-corrected chi connectivity index (χ2v) is 8.37. The Labute approximate surface area is 201 Å². The lowest BCUT2D eigenvalue weighted by Crippen LogP contribution is -2.26. The minimum absolute atomic E-state index is 0.199. The summed E-state index contributed by atoms with van der Waals surface area (Å²) < 4.78 is 16.2. The van der Waals surface area contributed by atoms with Crippen molar-refractivity contribution in [2.45, 2.75) is 6.42 Å². The summed E-state index contributed by atoms with van der Waals surface area (Å²) in [5.74, 6) is 1.97. The highest BCUT2D eigenvalue weighted by Crippen LogP contribution is 2.38. The van der Waals surface area contributed by atoms with E-state index in [1.807, 2.05) is 72.8 Å². The van der Waals surface area contributed by atoms with E-state index in [-0.39, 0.29) is 12.7 Å². The van der Waals surface area contributed by atoms with Crippen molar-refractivity contribution < 1.29 is 19.0 Å². The molecule has 6 rings (SSSR count). The van der Waals surface area contributed by atoms with E-state index < -0.39 is 0 Å². The first-order valence-electron chi connectivity index (χ1n) is 11.4. The molecule has 1 aliphatic rings. The fourth-order valence-electron chi connectivity index (χ4n) is 4.42.